The predicted molar refractivity (Wildman–Crippen MR) is 386 cm³/mol. The van der Waals surface area contributed by atoms with E-state index in [2.05, 4.69) is 31.2 Å². The van der Waals surface area contributed by atoms with E-state index in [1.807, 2.05) is 179 Å². The van der Waals surface area contributed by atoms with Crippen molar-refractivity contribution in [2.45, 2.75) is 91.8 Å². The zero-order valence-corrected chi connectivity index (χ0v) is 55.8. The van der Waals surface area contributed by atoms with Crippen LogP contribution in [0.4, 0.5) is 17.5 Å². The van der Waals surface area contributed by atoms with Gasteiger partial charge >= 0.3 is 0 Å². The number of primary amides is 3. The van der Waals surface area contributed by atoms with Crippen molar-refractivity contribution in [3.05, 3.63) is 272 Å². The summed E-state index contributed by atoms with van der Waals surface area (Å²) in [5.41, 5.74) is 50.0. The van der Waals surface area contributed by atoms with Gasteiger partial charge in [0.25, 0.3) is 35.4 Å². The number of carbonyl (C=O) groups excluding carboxylic acids is 6. The molecule has 0 radical (unpaired) electrons. The Balaban J connectivity index is 0.000000162. The number of amides is 6. The maximum absolute atomic E-state index is 12.5. The molecule has 8 aromatic carbocycles. The van der Waals surface area contributed by atoms with Crippen molar-refractivity contribution in [1.29, 1.82) is 0 Å². The Bertz CT molecular complexity index is 4810. The normalized spacial score (nSPS) is 13.2. The molecule has 0 aliphatic heterocycles. The Morgan fingerprint density at radius 3 is 1.18 bits per heavy atom. The zero-order chi connectivity index (χ0) is 71.3. The maximum Gasteiger partial charge on any atom is 0.254 e. The number of aliphatic hydroxyl groups excluding tert-OH is 2. The van der Waals surface area contributed by atoms with Crippen molar-refractivity contribution >= 4 is 52.9 Å². The van der Waals surface area contributed by atoms with Crippen LogP contribution in [0.1, 0.15) is 138 Å². The van der Waals surface area contributed by atoms with E-state index in [0.29, 0.717) is 82.2 Å². The number of carbonyl (C=O) groups is 6. The summed E-state index contributed by atoms with van der Waals surface area (Å²) in [6.07, 6.45) is 2.61. The fourth-order valence-electron chi connectivity index (χ4n) is 11.8. The van der Waals surface area contributed by atoms with E-state index >= 15 is 0 Å². The summed E-state index contributed by atoms with van der Waals surface area (Å²) >= 11 is 0. The van der Waals surface area contributed by atoms with Crippen molar-refractivity contribution in [1.82, 2.24) is 45.3 Å². The van der Waals surface area contributed by atoms with Crippen LogP contribution >= 0.6 is 0 Å². The Morgan fingerprint density at radius 2 is 0.810 bits per heavy atom. The van der Waals surface area contributed by atoms with Gasteiger partial charge < -0.3 is 60.6 Å². The molecule has 1 aliphatic rings. The number of rotatable bonds is 19. The Morgan fingerprint density at radius 1 is 0.440 bits per heavy atom. The molecule has 0 spiro atoms. The molecular formula is C77H79N15O8. The number of nitrogens with two attached hydrogens (primary N) is 6. The molecular weight excluding hydrogens is 1260 g/mol. The number of hydrogen-bond donors (Lipinski definition) is 11. The standard InChI is InChI=1S/C26H25N5O3.C26H25N5O2.C25H29N5O3/c1-16-4-2-3-5-21(16)26(34)29-14-17-6-10-19(11-7-17)23-22(25(28)33)24(27)31(30-23)20-12-8-18(15-32)9-13-20;1-16-6-5-8-20(14-16)31-24(27)22(25(28)32)23(30-31)19-12-10-18(11-13-19)15-29-26(33)21-9-4-3-7-17(21)2;1-15-5-2-3-8-20(15)25(33)28-14-16-9-11-17(12-10-16)22-21(24(27)32)23(26)30(29-22)18-6-4-7-19(31)13-18/h2-13,32H,14-15,27H2,1H3,(H2,28,33)(H,29,34);3-14H,15,27H2,1-2H3,(H2,28,32)(H,29,33);2-3,5,8-12,18-19,31H,4,6-7,13-14,26H2,1H3,(H2,27,32)(H,28,33). The minimum Gasteiger partial charge on any atom is -0.393 e. The topological polar surface area (TPSA) is 389 Å². The van der Waals surface area contributed by atoms with E-state index < -0.39 is 23.8 Å². The van der Waals surface area contributed by atoms with Gasteiger partial charge in [-0.05, 0) is 140 Å². The van der Waals surface area contributed by atoms with E-state index in [-0.39, 0.29) is 64.5 Å². The van der Waals surface area contributed by atoms with Gasteiger partial charge in [-0.2, -0.15) is 15.3 Å². The lowest BCUT2D eigenvalue weighted by molar-refractivity contribution is 0.0942. The third-order valence-corrected chi connectivity index (χ3v) is 17.3. The molecule has 100 heavy (non-hydrogen) atoms. The van der Waals surface area contributed by atoms with Gasteiger partial charge in [-0.1, -0.05) is 152 Å². The monoisotopic (exact) mass is 1340 g/mol. The van der Waals surface area contributed by atoms with Crippen LogP contribution in [0.5, 0.6) is 0 Å². The number of aryl methyl sites for hydroxylation is 4. The van der Waals surface area contributed by atoms with Gasteiger partial charge in [-0.15, -0.1) is 0 Å². The first-order valence-corrected chi connectivity index (χ1v) is 32.4. The molecule has 1 aliphatic carbocycles. The molecule has 12 rings (SSSR count). The molecule has 2 unspecified atom stereocenters. The minimum atomic E-state index is -0.680. The summed E-state index contributed by atoms with van der Waals surface area (Å²) in [5, 5.41) is 41.8. The van der Waals surface area contributed by atoms with Gasteiger partial charge in [0.1, 0.15) is 51.2 Å². The number of nitrogens with zero attached hydrogens (tertiary/aromatic N) is 6. The van der Waals surface area contributed by atoms with Crippen molar-refractivity contribution in [3.63, 3.8) is 0 Å². The minimum absolute atomic E-state index is 0.0727. The lowest BCUT2D eigenvalue weighted by atomic mass is 9.93. The van der Waals surface area contributed by atoms with Crippen LogP contribution < -0.4 is 50.4 Å². The first kappa shape index (κ1) is 70.3. The summed E-state index contributed by atoms with van der Waals surface area (Å²) in [7, 11) is 0. The van der Waals surface area contributed by atoms with E-state index in [1.165, 1.54) is 9.36 Å². The highest BCUT2D eigenvalue weighted by molar-refractivity contribution is 6.05. The van der Waals surface area contributed by atoms with Crippen LogP contribution in [0.15, 0.2) is 194 Å². The number of anilines is 3. The van der Waals surface area contributed by atoms with E-state index in [0.717, 1.165) is 69.5 Å². The second kappa shape index (κ2) is 31.6. The SMILES string of the molecule is Cc1cccc(-n2nc(-c3ccc(CNC(=O)c4ccccc4C)cc3)c(C(N)=O)c2N)c1.Cc1ccccc1C(=O)NCc1ccc(-c2nn(-c3ccc(CO)cc3)c(N)c2C(N)=O)cc1.Cc1ccccc1C(=O)NCc1ccc(-c2nn(C3CCCC(O)C3)c(N)c2C(N)=O)cc1. The van der Waals surface area contributed by atoms with Crippen molar-refractivity contribution < 1.29 is 39.0 Å². The average Bonchev–Trinajstić information content (AvgIpc) is 1.64. The molecule has 17 N–H and O–H groups in total. The number of aromatic nitrogens is 6. The number of benzene rings is 8. The third kappa shape index (κ3) is 16.3. The Labute approximate surface area is 577 Å². The molecule has 2 atom stereocenters. The van der Waals surface area contributed by atoms with Crippen LogP contribution in [-0.4, -0.2) is 81.1 Å². The summed E-state index contributed by atoms with van der Waals surface area (Å²) in [6, 6.07) is 59.0. The summed E-state index contributed by atoms with van der Waals surface area (Å²) in [6.45, 7) is 8.68. The molecule has 1 fully saturated rings. The highest BCUT2D eigenvalue weighted by Gasteiger charge is 2.30. The van der Waals surface area contributed by atoms with Gasteiger partial charge in [-0.3, -0.25) is 28.8 Å². The number of aliphatic hydroxyl groups is 2. The predicted octanol–water partition coefficient (Wildman–Crippen LogP) is 9.66. The number of nitrogens with one attached hydrogen (secondary N) is 3. The van der Waals surface area contributed by atoms with Crippen LogP contribution in [0.25, 0.3) is 45.1 Å². The van der Waals surface area contributed by atoms with E-state index in [4.69, 9.17) is 34.4 Å². The quantitative estimate of drug-likeness (QED) is 0.0359. The molecule has 3 heterocycles. The van der Waals surface area contributed by atoms with Crippen LogP contribution in [-0.2, 0) is 26.2 Å². The highest BCUT2D eigenvalue weighted by Crippen LogP contribution is 2.36. The summed E-state index contributed by atoms with van der Waals surface area (Å²) in [5.74, 6) is -1.81. The second-order valence-corrected chi connectivity index (χ2v) is 24.4. The molecule has 510 valence electrons. The molecule has 3 aromatic heterocycles. The third-order valence-electron chi connectivity index (χ3n) is 17.3. The van der Waals surface area contributed by atoms with E-state index in [9.17, 15) is 39.0 Å². The fourth-order valence-corrected chi connectivity index (χ4v) is 11.8. The van der Waals surface area contributed by atoms with Gasteiger partial charge in [0.15, 0.2) is 0 Å². The smallest absolute Gasteiger partial charge is 0.254 e. The molecule has 23 heteroatoms. The first-order chi connectivity index (χ1) is 48.1. The highest BCUT2D eigenvalue weighted by atomic mass is 16.3. The van der Waals surface area contributed by atoms with Gasteiger partial charge in [-0.25, -0.2) is 14.0 Å². The Kier molecular flexibility index (Phi) is 22.2. The molecule has 0 bridgehead atoms. The molecule has 6 amide bonds. The largest absolute Gasteiger partial charge is 0.393 e. The van der Waals surface area contributed by atoms with Gasteiger partial charge in [0, 0.05) is 53.0 Å². The van der Waals surface area contributed by atoms with Crippen LogP contribution in [0.2, 0.25) is 0 Å². The fraction of sp³-hybridized carbons (Fsp3) is 0.182. The van der Waals surface area contributed by atoms with Crippen molar-refractivity contribution in [3.8, 4) is 45.1 Å². The van der Waals surface area contributed by atoms with Gasteiger partial charge in [0.2, 0.25) is 0 Å². The number of nitrogen functional groups attached to an aromatic ring is 3. The maximum atomic E-state index is 12.5. The summed E-state index contributed by atoms with van der Waals surface area (Å²) < 4.78 is 4.61. The lowest BCUT2D eigenvalue weighted by Crippen LogP contribution is -2.24. The molecule has 11 aromatic rings. The van der Waals surface area contributed by atoms with E-state index in [1.54, 1.807) is 47.1 Å². The van der Waals surface area contributed by atoms with Crippen molar-refractivity contribution in [2.75, 3.05) is 17.2 Å². The average molecular weight is 1340 g/mol. The number of hydrogen-bond acceptors (Lipinski definition) is 14. The Hall–Kier alpha value is -12.5. The molecule has 23 nitrogen and oxygen atoms in total. The molecule has 0 saturated heterocycles. The lowest BCUT2D eigenvalue weighted by Gasteiger charge is -2.26. The van der Waals surface area contributed by atoms with Gasteiger partial charge in [0.05, 0.1) is 30.1 Å². The van der Waals surface area contributed by atoms with Crippen molar-refractivity contribution in [2.24, 2.45) is 17.2 Å². The summed E-state index contributed by atoms with van der Waals surface area (Å²) in [4.78, 5) is 73.9. The molecule has 1 saturated carbocycles. The van der Waals surface area contributed by atoms with Crippen LogP contribution in [0, 0.1) is 27.7 Å². The first-order valence-electron chi connectivity index (χ1n) is 32.4. The zero-order valence-electron chi connectivity index (χ0n) is 55.8. The van der Waals surface area contributed by atoms with Crippen LogP contribution in [0.3, 0.4) is 0 Å². The second-order valence-electron chi connectivity index (χ2n) is 24.4.